The Morgan fingerprint density at radius 1 is 1.00 bits per heavy atom. The van der Waals surface area contributed by atoms with Gasteiger partial charge in [0, 0.05) is 0 Å². The van der Waals surface area contributed by atoms with Crippen LogP contribution < -0.4 is 11.3 Å². The number of nitrogens with one attached hydrogen (secondary N) is 1. The van der Waals surface area contributed by atoms with Crippen molar-refractivity contribution in [2.45, 2.75) is 19.9 Å². The van der Waals surface area contributed by atoms with E-state index in [1.54, 1.807) is 0 Å². The number of hydrogen-bond acceptors (Lipinski definition) is 2. The average Bonchev–Trinajstić information content (AvgIpc) is 2.34. The number of rotatable bonds is 3. The third-order valence-electron chi connectivity index (χ3n) is 3.04. The summed E-state index contributed by atoms with van der Waals surface area (Å²) < 4.78 is 0. The van der Waals surface area contributed by atoms with Crippen LogP contribution in [0.4, 0.5) is 0 Å². The Hall–Kier alpha value is -1.64. The van der Waals surface area contributed by atoms with E-state index in [4.69, 9.17) is 5.84 Å². The highest BCUT2D eigenvalue weighted by Crippen LogP contribution is 2.24. The van der Waals surface area contributed by atoms with Crippen molar-refractivity contribution in [3.8, 4) is 0 Å². The second-order valence-electron chi connectivity index (χ2n) is 4.37. The molecular formula is C15H18N2. The van der Waals surface area contributed by atoms with Crippen LogP contribution >= 0.6 is 0 Å². The monoisotopic (exact) mass is 226 g/mol. The van der Waals surface area contributed by atoms with E-state index in [1.165, 1.54) is 22.3 Å². The van der Waals surface area contributed by atoms with E-state index >= 15 is 0 Å². The van der Waals surface area contributed by atoms with Gasteiger partial charge < -0.3 is 0 Å². The topological polar surface area (TPSA) is 38.0 Å². The molecule has 0 aromatic heterocycles. The molecule has 0 saturated heterocycles. The minimum absolute atomic E-state index is 0.0526. The zero-order valence-electron chi connectivity index (χ0n) is 10.3. The maximum absolute atomic E-state index is 5.69. The lowest BCUT2D eigenvalue weighted by atomic mass is 9.94. The first-order valence-corrected chi connectivity index (χ1v) is 5.80. The molecule has 0 amide bonds. The summed E-state index contributed by atoms with van der Waals surface area (Å²) in [7, 11) is 0. The number of nitrogens with two attached hydrogens (primary N) is 1. The number of hydrazine groups is 1. The van der Waals surface area contributed by atoms with Crippen LogP contribution in [0.15, 0.2) is 48.5 Å². The fourth-order valence-corrected chi connectivity index (χ4v) is 2.16. The molecule has 2 rings (SSSR count). The van der Waals surface area contributed by atoms with Crippen molar-refractivity contribution in [3.63, 3.8) is 0 Å². The van der Waals surface area contributed by atoms with Crippen LogP contribution in [-0.4, -0.2) is 0 Å². The molecule has 17 heavy (non-hydrogen) atoms. The first kappa shape index (κ1) is 11.8. The maximum atomic E-state index is 5.69. The molecule has 2 nitrogen and oxygen atoms in total. The Morgan fingerprint density at radius 2 is 1.71 bits per heavy atom. The first-order valence-electron chi connectivity index (χ1n) is 5.80. The van der Waals surface area contributed by atoms with Crippen molar-refractivity contribution in [3.05, 3.63) is 70.8 Å². The molecule has 2 aromatic carbocycles. The van der Waals surface area contributed by atoms with Gasteiger partial charge in [0.05, 0.1) is 6.04 Å². The van der Waals surface area contributed by atoms with Crippen LogP contribution in [0.5, 0.6) is 0 Å². The molecule has 0 spiro atoms. The Morgan fingerprint density at radius 3 is 2.29 bits per heavy atom. The standard InChI is InChI=1S/C15H18N2/c1-11-8-9-14(12(2)10-11)15(17-16)13-6-4-3-5-7-13/h3-10,15,17H,16H2,1-2H3/t15-/m1/s1. The fraction of sp³-hybridized carbons (Fsp3) is 0.200. The molecule has 2 heteroatoms. The van der Waals surface area contributed by atoms with E-state index in [0.29, 0.717) is 0 Å². The highest BCUT2D eigenvalue weighted by atomic mass is 15.2. The van der Waals surface area contributed by atoms with E-state index in [0.717, 1.165) is 0 Å². The molecule has 2 aromatic rings. The zero-order chi connectivity index (χ0) is 12.3. The van der Waals surface area contributed by atoms with Crippen molar-refractivity contribution in [1.82, 2.24) is 5.43 Å². The molecule has 0 bridgehead atoms. The molecule has 88 valence electrons. The Kier molecular flexibility index (Phi) is 3.57. The molecular weight excluding hydrogens is 208 g/mol. The second kappa shape index (κ2) is 5.13. The molecule has 0 aliphatic heterocycles. The summed E-state index contributed by atoms with van der Waals surface area (Å²) in [5.41, 5.74) is 7.84. The molecule has 0 heterocycles. The summed E-state index contributed by atoms with van der Waals surface area (Å²) in [6.07, 6.45) is 0. The Labute approximate surface area is 102 Å². The highest BCUT2D eigenvalue weighted by molar-refractivity contribution is 5.38. The molecule has 0 aliphatic carbocycles. The van der Waals surface area contributed by atoms with Crippen molar-refractivity contribution >= 4 is 0 Å². The summed E-state index contributed by atoms with van der Waals surface area (Å²) in [4.78, 5) is 0. The molecule has 0 unspecified atom stereocenters. The predicted octanol–water partition coefficient (Wildman–Crippen LogP) is 2.86. The van der Waals surface area contributed by atoms with Crippen molar-refractivity contribution in [2.75, 3.05) is 0 Å². The van der Waals surface area contributed by atoms with Crippen molar-refractivity contribution < 1.29 is 0 Å². The maximum Gasteiger partial charge on any atom is 0.0712 e. The Bertz CT molecular complexity index is 492. The molecule has 0 radical (unpaired) electrons. The smallest absolute Gasteiger partial charge is 0.0712 e. The zero-order valence-corrected chi connectivity index (χ0v) is 10.3. The van der Waals surface area contributed by atoms with E-state index in [9.17, 15) is 0 Å². The van der Waals surface area contributed by atoms with Gasteiger partial charge in [0.1, 0.15) is 0 Å². The van der Waals surface area contributed by atoms with Crippen LogP contribution in [0.2, 0.25) is 0 Å². The van der Waals surface area contributed by atoms with E-state index in [2.05, 4.69) is 49.6 Å². The van der Waals surface area contributed by atoms with Gasteiger partial charge >= 0.3 is 0 Å². The third-order valence-corrected chi connectivity index (χ3v) is 3.04. The van der Waals surface area contributed by atoms with Crippen LogP contribution in [0, 0.1) is 13.8 Å². The molecule has 1 atom stereocenters. The average molecular weight is 226 g/mol. The molecule has 3 N–H and O–H groups in total. The predicted molar refractivity (Wildman–Crippen MR) is 71.5 cm³/mol. The normalized spacial score (nSPS) is 12.4. The van der Waals surface area contributed by atoms with Crippen LogP contribution in [0.1, 0.15) is 28.3 Å². The van der Waals surface area contributed by atoms with Gasteiger partial charge in [-0.15, -0.1) is 0 Å². The lowest BCUT2D eigenvalue weighted by Gasteiger charge is -2.19. The van der Waals surface area contributed by atoms with Crippen LogP contribution in [-0.2, 0) is 0 Å². The summed E-state index contributed by atoms with van der Waals surface area (Å²) in [5, 5.41) is 0. The van der Waals surface area contributed by atoms with Crippen molar-refractivity contribution in [2.24, 2.45) is 5.84 Å². The molecule has 0 saturated carbocycles. The highest BCUT2D eigenvalue weighted by Gasteiger charge is 2.13. The van der Waals surface area contributed by atoms with Gasteiger partial charge in [-0.3, -0.25) is 5.84 Å². The van der Waals surface area contributed by atoms with Gasteiger partial charge in [-0.2, -0.15) is 0 Å². The SMILES string of the molecule is Cc1ccc([C@H](NN)c2ccccc2)c(C)c1. The fourth-order valence-electron chi connectivity index (χ4n) is 2.16. The van der Waals surface area contributed by atoms with Gasteiger partial charge in [-0.05, 0) is 30.5 Å². The lowest BCUT2D eigenvalue weighted by molar-refractivity contribution is 0.633. The van der Waals surface area contributed by atoms with Gasteiger partial charge in [-0.25, -0.2) is 5.43 Å². The quantitative estimate of drug-likeness (QED) is 0.624. The molecule has 0 aliphatic rings. The van der Waals surface area contributed by atoms with Gasteiger partial charge in [0.15, 0.2) is 0 Å². The van der Waals surface area contributed by atoms with Crippen LogP contribution in [0.25, 0.3) is 0 Å². The number of hydrogen-bond donors (Lipinski definition) is 2. The lowest BCUT2D eigenvalue weighted by Crippen LogP contribution is -2.29. The summed E-state index contributed by atoms with van der Waals surface area (Å²) in [6, 6.07) is 16.7. The van der Waals surface area contributed by atoms with Gasteiger partial charge in [-0.1, -0.05) is 54.1 Å². The van der Waals surface area contributed by atoms with Gasteiger partial charge in [0.25, 0.3) is 0 Å². The minimum atomic E-state index is 0.0526. The largest absolute Gasteiger partial charge is 0.271 e. The first-order chi connectivity index (χ1) is 8.22. The summed E-state index contributed by atoms with van der Waals surface area (Å²) in [5.74, 6) is 5.69. The summed E-state index contributed by atoms with van der Waals surface area (Å²) >= 11 is 0. The number of aryl methyl sites for hydroxylation is 2. The molecule has 0 fully saturated rings. The van der Waals surface area contributed by atoms with Crippen LogP contribution in [0.3, 0.4) is 0 Å². The van der Waals surface area contributed by atoms with E-state index in [1.807, 2.05) is 18.2 Å². The summed E-state index contributed by atoms with van der Waals surface area (Å²) in [6.45, 7) is 4.22. The minimum Gasteiger partial charge on any atom is -0.271 e. The van der Waals surface area contributed by atoms with E-state index in [-0.39, 0.29) is 6.04 Å². The van der Waals surface area contributed by atoms with Gasteiger partial charge in [0.2, 0.25) is 0 Å². The van der Waals surface area contributed by atoms with Crippen molar-refractivity contribution in [1.29, 1.82) is 0 Å². The Balaban J connectivity index is 2.42. The number of benzene rings is 2. The third kappa shape index (κ3) is 2.54. The van der Waals surface area contributed by atoms with E-state index < -0.39 is 0 Å². The second-order valence-corrected chi connectivity index (χ2v) is 4.37.